The Morgan fingerprint density at radius 1 is 0.857 bits per heavy atom. The fraction of sp³-hybridized carbons (Fsp3) is 0.238. The number of esters is 1. The maximum Gasteiger partial charge on any atom is 0.344 e. The summed E-state index contributed by atoms with van der Waals surface area (Å²) in [5.74, 6) is -0.840. The van der Waals surface area contributed by atoms with E-state index in [2.05, 4.69) is 5.32 Å². The molecule has 0 aromatic heterocycles. The van der Waals surface area contributed by atoms with Crippen molar-refractivity contribution in [1.29, 1.82) is 0 Å². The highest BCUT2D eigenvalue weighted by molar-refractivity contribution is 5.96. The highest BCUT2D eigenvalue weighted by Crippen LogP contribution is 2.13. The lowest BCUT2D eigenvalue weighted by Crippen LogP contribution is -2.23. The molecular weight excluding hydrogens is 362 g/mol. The van der Waals surface area contributed by atoms with E-state index in [0.717, 1.165) is 0 Å². The first-order valence-corrected chi connectivity index (χ1v) is 8.71. The quantitative estimate of drug-likeness (QED) is 0.528. The Bertz CT molecular complexity index is 855. The Balaban J connectivity index is 1.73. The Morgan fingerprint density at radius 3 is 2.04 bits per heavy atom. The van der Waals surface area contributed by atoms with E-state index in [1.165, 1.54) is 6.92 Å². The van der Waals surface area contributed by atoms with Crippen molar-refractivity contribution < 1.29 is 28.7 Å². The number of hydrogen-bond acceptors (Lipinski definition) is 6. The summed E-state index contributed by atoms with van der Waals surface area (Å²) in [6.45, 7) is 2.41. The first-order valence-electron chi connectivity index (χ1n) is 8.71. The van der Waals surface area contributed by atoms with Crippen molar-refractivity contribution in [2.45, 2.75) is 20.3 Å². The molecule has 0 radical (unpaired) electrons. The van der Waals surface area contributed by atoms with Gasteiger partial charge in [0.15, 0.2) is 24.8 Å². The zero-order chi connectivity index (χ0) is 20.5. The molecule has 1 amide bonds. The number of ether oxygens (including phenoxy) is 2. The van der Waals surface area contributed by atoms with Gasteiger partial charge in [0, 0.05) is 23.2 Å². The van der Waals surface area contributed by atoms with Gasteiger partial charge in [-0.3, -0.25) is 14.4 Å². The van der Waals surface area contributed by atoms with E-state index in [-0.39, 0.29) is 18.2 Å². The predicted octanol–water partition coefficient (Wildman–Crippen LogP) is 3.04. The summed E-state index contributed by atoms with van der Waals surface area (Å²) in [5.41, 5.74) is 1.60. The van der Waals surface area contributed by atoms with E-state index in [1.807, 2.05) is 0 Å². The Kier molecular flexibility index (Phi) is 7.45. The molecule has 7 heteroatoms. The minimum atomic E-state index is -0.698. The first-order chi connectivity index (χ1) is 13.4. The topological polar surface area (TPSA) is 98.8 Å². The lowest BCUT2D eigenvalue weighted by Gasteiger charge is -2.08. The van der Waals surface area contributed by atoms with Gasteiger partial charge in [0.25, 0.3) is 5.91 Å². The number of Topliss-reactive ketones (excluding diaryl/α,β-unsaturated/α-hetero) is 2. The number of anilines is 1. The van der Waals surface area contributed by atoms with Crippen LogP contribution in [0.4, 0.5) is 5.69 Å². The average Bonchev–Trinajstić information content (AvgIpc) is 2.71. The molecule has 0 atom stereocenters. The van der Waals surface area contributed by atoms with Crippen LogP contribution >= 0.6 is 0 Å². The summed E-state index contributed by atoms with van der Waals surface area (Å²) in [4.78, 5) is 46.3. The van der Waals surface area contributed by atoms with E-state index in [1.54, 1.807) is 55.5 Å². The van der Waals surface area contributed by atoms with Gasteiger partial charge in [-0.15, -0.1) is 0 Å². The standard InChI is InChI=1S/C21H21NO6/c1-3-19(24)16-6-10-18(11-7-16)27-13-21(26)28-12-20(25)22-17-8-4-15(5-9-17)14(2)23/h4-11H,3,12-13H2,1-2H3,(H,22,25). The Morgan fingerprint density at radius 2 is 1.46 bits per heavy atom. The second-order valence-corrected chi connectivity index (χ2v) is 5.93. The molecule has 146 valence electrons. The van der Waals surface area contributed by atoms with Crippen LogP contribution in [0.2, 0.25) is 0 Å². The third kappa shape index (κ3) is 6.35. The van der Waals surface area contributed by atoms with Gasteiger partial charge in [0.2, 0.25) is 0 Å². The molecule has 2 aromatic carbocycles. The number of amides is 1. The zero-order valence-electron chi connectivity index (χ0n) is 15.7. The number of carbonyl (C=O) groups excluding carboxylic acids is 4. The first kappa shape index (κ1) is 20.8. The lowest BCUT2D eigenvalue weighted by atomic mass is 10.1. The number of rotatable bonds is 9. The van der Waals surface area contributed by atoms with E-state index < -0.39 is 18.5 Å². The largest absolute Gasteiger partial charge is 0.482 e. The third-order valence-corrected chi connectivity index (χ3v) is 3.79. The van der Waals surface area contributed by atoms with Gasteiger partial charge in [0.05, 0.1) is 0 Å². The molecule has 0 aliphatic rings. The lowest BCUT2D eigenvalue weighted by molar-refractivity contribution is -0.149. The molecule has 2 rings (SSSR count). The van der Waals surface area contributed by atoms with E-state index in [9.17, 15) is 19.2 Å². The SMILES string of the molecule is CCC(=O)c1ccc(OCC(=O)OCC(=O)Nc2ccc(C(C)=O)cc2)cc1. The molecule has 0 aliphatic carbocycles. The molecule has 0 unspecified atom stereocenters. The van der Waals surface area contributed by atoms with Crippen molar-refractivity contribution in [2.75, 3.05) is 18.5 Å². The summed E-state index contributed by atoms with van der Waals surface area (Å²) >= 11 is 0. The van der Waals surface area contributed by atoms with Crippen LogP contribution in [-0.2, 0) is 14.3 Å². The second-order valence-electron chi connectivity index (χ2n) is 5.93. The van der Waals surface area contributed by atoms with Crippen LogP contribution in [0.3, 0.4) is 0 Å². The van der Waals surface area contributed by atoms with Gasteiger partial charge in [0.1, 0.15) is 5.75 Å². The summed E-state index contributed by atoms with van der Waals surface area (Å²) < 4.78 is 10.1. The summed E-state index contributed by atoms with van der Waals surface area (Å²) in [6.07, 6.45) is 0.412. The van der Waals surface area contributed by atoms with Gasteiger partial charge in [-0.2, -0.15) is 0 Å². The molecule has 0 spiro atoms. The average molecular weight is 383 g/mol. The van der Waals surface area contributed by atoms with Crippen LogP contribution in [0.1, 0.15) is 41.0 Å². The minimum Gasteiger partial charge on any atom is -0.482 e. The third-order valence-electron chi connectivity index (χ3n) is 3.79. The van der Waals surface area contributed by atoms with Crippen LogP contribution in [0.5, 0.6) is 5.75 Å². The van der Waals surface area contributed by atoms with Crippen molar-refractivity contribution in [3.63, 3.8) is 0 Å². The van der Waals surface area contributed by atoms with Crippen LogP contribution in [0.25, 0.3) is 0 Å². The van der Waals surface area contributed by atoms with Crippen molar-refractivity contribution in [1.82, 2.24) is 0 Å². The van der Waals surface area contributed by atoms with E-state index in [0.29, 0.717) is 29.0 Å². The molecule has 0 aliphatic heterocycles. The molecule has 0 fully saturated rings. The van der Waals surface area contributed by atoms with Crippen LogP contribution in [0.15, 0.2) is 48.5 Å². The van der Waals surface area contributed by atoms with E-state index in [4.69, 9.17) is 9.47 Å². The van der Waals surface area contributed by atoms with Crippen molar-refractivity contribution in [2.24, 2.45) is 0 Å². The summed E-state index contributed by atoms with van der Waals surface area (Å²) in [6, 6.07) is 12.8. The normalized spacial score (nSPS) is 10.1. The molecule has 28 heavy (non-hydrogen) atoms. The molecular formula is C21H21NO6. The van der Waals surface area contributed by atoms with Crippen molar-refractivity contribution >= 4 is 29.1 Å². The second kappa shape index (κ2) is 10.0. The van der Waals surface area contributed by atoms with Crippen LogP contribution in [0, 0.1) is 0 Å². The summed E-state index contributed by atoms with van der Waals surface area (Å²) in [7, 11) is 0. The van der Waals surface area contributed by atoms with Gasteiger partial charge >= 0.3 is 5.97 Å². The predicted molar refractivity (Wildman–Crippen MR) is 103 cm³/mol. The monoisotopic (exact) mass is 383 g/mol. The maximum absolute atomic E-state index is 11.8. The fourth-order valence-electron chi connectivity index (χ4n) is 2.26. The molecule has 1 N–H and O–H groups in total. The minimum absolute atomic E-state index is 0.0212. The number of ketones is 2. The van der Waals surface area contributed by atoms with Gasteiger partial charge in [-0.05, 0) is 55.5 Å². The number of hydrogen-bond donors (Lipinski definition) is 1. The highest BCUT2D eigenvalue weighted by atomic mass is 16.6. The van der Waals surface area contributed by atoms with Crippen LogP contribution in [-0.4, -0.2) is 36.7 Å². The van der Waals surface area contributed by atoms with Crippen LogP contribution < -0.4 is 10.1 Å². The Hall–Kier alpha value is -3.48. The maximum atomic E-state index is 11.8. The van der Waals surface area contributed by atoms with Gasteiger partial charge in [-0.1, -0.05) is 6.92 Å². The zero-order valence-corrected chi connectivity index (χ0v) is 15.7. The molecule has 0 bridgehead atoms. The molecule has 7 nitrogen and oxygen atoms in total. The number of benzene rings is 2. The molecule has 0 saturated heterocycles. The summed E-state index contributed by atoms with van der Waals surface area (Å²) in [5, 5.41) is 2.56. The van der Waals surface area contributed by atoms with Gasteiger partial charge in [-0.25, -0.2) is 4.79 Å². The molecule has 0 heterocycles. The molecule has 2 aromatic rings. The van der Waals surface area contributed by atoms with Gasteiger partial charge < -0.3 is 14.8 Å². The number of nitrogens with one attached hydrogen (secondary N) is 1. The smallest absolute Gasteiger partial charge is 0.344 e. The highest BCUT2D eigenvalue weighted by Gasteiger charge is 2.10. The van der Waals surface area contributed by atoms with Crippen molar-refractivity contribution in [3.8, 4) is 5.75 Å². The fourth-order valence-corrected chi connectivity index (χ4v) is 2.26. The number of carbonyl (C=O) groups is 4. The van der Waals surface area contributed by atoms with E-state index >= 15 is 0 Å². The Labute approximate surface area is 162 Å². The van der Waals surface area contributed by atoms with Crippen molar-refractivity contribution in [3.05, 3.63) is 59.7 Å². The molecule has 0 saturated carbocycles.